The number of Topliss-reactive ketones (excluding diaryl/α,β-unsaturated/α-hetero) is 1. The number of alkyl halides is 2. The second kappa shape index (κ2) is 8.98. The number of ketones is 1. The number of nitrogens with zero attached hydrogens (tertiary/aromatic N) is 1. The van der Waals surface area contributed by atoms with Crippen molar-refractivity contribution < 1.29 is 23.1 Å². The molecule has 0 aromatic heterocycles. The lowest BCUT2D eigenvalue weighted by molar-refractivity contribution is -0.121. The number of rotatable bonds is 8. The fourth-order valence-corrected chi connectivity index (χ4v) is 3.98. The topological polar surface area (TPSA) is 58.6 Å². The van der Waals surface area contributed by atoms with E-state index in [0.717, 1.165) is 16.7 Å². The molecular formula is C25H28F2N2O3. The number of fused-ring (bicyclic) bond motifs is 1. The molecule has 5 nitrogen and oxygen atoms in total. The Balaban J connectivity index is 1.35. The highest BCUT2D eigenvalue weighted by Crippen LogP contribution is 2.48. The maximum Gasteiger partial charge on any atom is 0.255 e. The second-order valence-corrected chi connectivity index (χ2v) is 8.74. The molecule has 7 heteroatoms. The van der Waals surface area contributed by atoms with E-state index in [4.69, 9.17) is 4.74 Å². The molecule has 170 valence electrons. The van der Waals surface area contributed by atoms with Crippen LogP contribution < -0.4 is 10.1 Å². The molecule has 32 heavy (non-hydrogen) atoms. The zero-order chi connectivity index (χ0) is 22.9. The third-order valence-corrected chi connectivity index (χ3v) is 6.13. The molecule has 1 N–H and O–H groups in total. The van der Waals surface area contributed by atoms with E-state index in [-0.39, 0.29) is 30.8 Å². The third kappa shape index (κ3) is 5.15. The van der Waals surface area contributed by atoms with Crippen LogP contribution in [0.4, 0.5) is 8.78 Å². The Morgan fingerprint density at radius 1 is 1.22 bits per heavy atom. The smallest absolute Gasteiger partial charge is 0.255 e. The minimum absolute atomic E-state index is 0.000900. The molecule has 0 spiro atoms. The number of carbonyl (C=O) groups excluding carboxylic acids is 2. The molecule has 2 aromatic rings. The van der Waals surface area contributed by atoms with Gasteiger partial charge < -0.3 is 10.1 Å². The summed E-state index contributed by atoms with van der Waals surface area (Å²) in [5.74, 6) is -2.84. The van der Waals surface area contributed by atoms with Gasteiger partial charge in [0, 0.05) is 31.5 Å². The van der Waals surface area contributed by atoms with E-state index in [9.17, 15) is 18.4 Å². The van der Waals surface area contributed by atoms with Crippen LogP contribution in [0.5, 0.6) is 5.75 Å². The van der Waals surface area contributed by atoms with Crippen LogP contribution in [0.1, 0.15) is 59.8 Å². The number of halogens is 2. The standard InChI is InChI=1S/C25H28F2N2O3/c1-3-24(31)28-16(2)18-6-4-17(5-7-18)12-29-13-19-8-9-21(10-22(19)23(30)14-29)32-15-20-11-25(20,26)27/h4-10,16,20H,3,11-15H2,1-2H3,(H,28,31)/t16-,20?/m0/s1. The van der Waals surface area contributed by atoms with Gasteiger partial charge >= 0.3 is 0 Å². The molecule has 1 saturated carbocycles. The first-order valence-corrected chi connectivity index (χ1v) is 11.0. The highest BCUT2D eigenvalue weighted by Gasteiger charge is 2.57. The molecule has 0 bridgehead atoms. The Bertz CT molecular complexity index is 1010. The Morgan fingerprint density at radius 3 is 2.59 bits per heavy atom. The molecule has 2 aromatic carbocycles. The molecule has 1 unspecified atom stereocenters. The fourth-order valence-electron chi connectivity index (χ4n) is 3.98. The van der Waals surface area contributed by atoms with Gasteiger partial charge in [-0.05, 0) is 35.7 Å². The highest BCUT2D eigenvalue weighted by atomic mass is 19.3. The Kier molecular flexibility index (Phi) is 6.29. The maximum absolute atomic E-state index is 13.0. The SMILES string of the molecule is CCC(=O)N[C@@H](C)c1ccc(CN2CC(=O)c3cc(OCC4CC4(F)F)ccc3C2)cc1. The van der Waals surface area contributed by atoms with Gasteiger partial charge in [-0.15, -0.1) is 0 Å². The molecule has 1 aliphatic carbocycles. The molecule has 1 aliphatic heterocycles. The molecule has 1 heterocycles. The lowest BCUT2D eigenvalue weighted by atomic mass is 9.97. The van der Waals surface area contributed by atoms with Gasteiger partial charge in [0.15, 0.2) is 5.78 Å². The van der Waals surface area contributed by atoms with Gasteiger partial charge in [0.1, 0.15) is 5.75 Å². The number of hydrogen-bond donors (Lipinski definition) is 1. The Hall–Kier alpha value is -2.80. The van der Waals surface area contributed by atoms with Crippen LogP contribution in [-0.4, -0.2) is 35.7 Å². The molecule has 2 aliphatic rings. The first kappa shape index (κ1) is 22.4. The van der Waals surface area contributed by atoms with Gasteiger partial charge in [-0.2, -0.15) is 0 Å². The molecule has 0 radical (unpaired) electrons. The minimum Gasteiger partial charge on any atom is -0.493 e. The maximum atomic E-state index is 13.0. The zero-order valence-corrected chi connectivity index (χ0v) is 18.4. The Labute approximate surface area is 186 Å². The summed E-state index contributed by atoms with van der Waals surface area (Å²) in [7, 11) is 0. The summed E-state index contributed by atoms with van der Waals surface area (Å²) in [6.45, 7) is 5.32. The van der Waals surface area contributed by atoms with Crippen molar-refractivity contribution in [1.29, 1.82) is 0 Å². The van der Waals surface area contributed by atoms with Crippen LogP contribution in [0.15, 0.2) is 42.5 Å². The lowest BCUT2D eigenvalue weighted by Crippen LogP contribution is -2.34. The number of amides is 1. The van der Waals surface area contributed by atoms with Crippen molar-refractivity contribution in [3.05, 3.63) is 64.7 Å². The van der Waals surface area contributed by atoms with Crippen LogP contribution in [0, 0.1) is 5.92 Å². The van der Waals surface area contributed by atoms with Crippen molar-refractivity contribution >= 4 is 11.7 Å². The monoisotopic (exact) mass is 442 g/mol. The first-order chi connectivity index (χ1) is 15.2. The second-order valence-electron chi connectivity index (χ2n) is 8.74. The van der Waals surface area contributed by atoms with E-state index in [1.165, 1.54) is 0 Å². The largest absolute Gasteiger partial charge is 0.493 e. The van der Waals surface area contributed by atoms with Crippen molar-refractivity contribution in [3.8, 4) is 5.75 Å². The summed E-state index contributed by atoms with van der Waals surface area (Å²) in [6, 6.07) is 13.3. The van der Waals surface area contributed by atoms with Crippen molar-refractivity contribution in [3.63, 3.8) is 0 Å². The van der Waals surface area contributed by atoms with E-state index in [1.54, 1.807) is 12.1 Å². The fraction of sp³-hybridized carbons (Fsp3) is 0.440. The first-order valence-electron chi connectivity index (χ1n) is 11.0. The van der Waals surface area contributed by atoms with Crippen LogP contribution in [0.2, 0.25) is 0 Å². The number of nitrogens with one attached hydrogen (secondary N) is 1. The van der Waals surface area contributed by atoms with Crippen LogP contribution in [0.25, 0.3) is 0 Å². The number of carbonyl (C=O) groups is 2. The van der Waals surface area contributed by atoms with Gasteiger partial charge in [-0.3, -0.25) is 14.5 Å². The average molecular weight is 443 g/mol. The molecule has 0 saturated heterocycles. The van der Waals surface area contributed by atoms with Crippen LogP contribution in [0.3, 0.4) is 0 Å². The zero-order valence-electron chi connectivity index (χ0n) is 18.4. The summed E-state index contributed by atoms with van der Waals surface area (Å²) in [4.78, 5) is 26.4. The van der Waals surface area contributed by atoms with Gasteiger partial charge in [0.25, 0.3) is 5.92 Å². The minimum atomic E-state index is -2.61. The van der Waals surface area contributed by atoms with E-state index in [2.05, 4.69) is 10.2 Å². The third-order valence-electron chi connectivity index (χ3n) is 6.13. The van der Waals surface area contributed by atoms with E-state index < -0.39 is 11.8 Å². The number of ether oxygens (including phenoxy) is 1. The van der Waals surface area contributed by atoms with Gasteiger partial charge in [0.2, 0.25) is 5.91 Å². The van der Waals surface area contributed by atoms with Crippen LogP contribution in [-0.2, 0) is 17.9 Å². The number of hydrogen-bond acceptors (Lipinski definition) is 4. The van der Waals surface area contributed by atoms with Crippen molar-refractivity contribution in [2.24, 2.45) is 5.92 Å². The van der Waals surface area contributed by atoms with Crippen LogP contribution >= 0.6 is 0 Å². The quantitative estimate of drug-likeness (QED) is 0.654. The normalized spacial score (nSPS) is 20.4. The van der Waals surface area contributed by atoms with E-state index in [0.29, 0.717) is 37.4 Å². The molecule has 1 amide bonds. The summed E-state index contributed by atoms with van der Waals surface area (Å²) < 4.78 is 31.5. The molecule has 4 rings (SSSR count). The van der Waals surface area contributed by atoms with E-state index in [1.807, 2.05) is 44.2 Å². The van der Waals surface area contributed by atoms with Gasteiger partial charge in [0.05, 0.1) is 25.1 Å². The van der Waals surface area contributed by atoms with Crippen molar-refractivity contribution in [1.82, 2.24) is 10.2 Å². The summed E-state index contributed by atoms with van der Waals surface area (Å²) >= 11 is 0. The number of benzene rings is 2. The summed E-state index contributed by atoms with van der Waals surface area (Å²) in [6.07, 6.45) is 0.329. The molecule has 1 fully saturated rings. The Morgan fingerprint density at radius 2 is 1.94 bits per heavy atom. The average Bonchev–Trinajstić information content (AvgIpc) is 3.39. The van der Waals surface area contributed by atoms with E-state index >= 15 is 0 Å². The predicted molar refractivity (Wildman–Crippen MR) is 117 cm³/mol. The lowest BCUT2D eigenvalue weighted by Gasteiger charge is -2.28. The molecular weight excluding hydrogens is 414 g/mol. The predicted octanol–water partition coefficient (Wildman–Crippen LogP) is 4.51. The molecule has 2 atom stereocenters. The summed E-state index contributed by atoms with van der Waals surface area (Å²) in [5.41, 5.74) is 3.64. The van der Waals surface area contributed by atoms with Crippen molar-refractivity contribution in [2.45, 2.75) is 51.7 Å². The van der Waals surface area contributed by atoms with Gasteiger partial charge in [-0.1, -0.05) is 37.3 Å². The van der Waals surface area contributed by atoms with Gasteiger partial charge in [-0.25, -0.2) is 8.78 Å². The highest BCUT2D eigenvalue weighted by molar-refractivity contribution is 6.00. The van der Waals surface area contributed by atoms with Crippen molar-refractivity contribution in [2.75, 3.05) is 13.2 Å². The summed E-state index contributed by atoms with van der Waals surface area (Å²) in [5, 5.41) is 2.95.